The SMILES string of the molecule is Cc1cc(O)ccc1Nc1ccnc2c(S(C)(=O)=O)cccc12. The Morgan fingerprint density at radius 3 is 2.57 bits per heavy atom. The monoisotopic (exact) mass is 328 g/mol. The third-order valence-electron chi connectivity index (χ3n) is 3.61. The van der Waals surface area contributed by atoms with Gasteiger partial charge in [0.2, 0.25) is 0 Å². The molecule has 0 aliphatic heterocycles. The van der Waals surface area contributed by atoms with E-state index in [1.165, 1.54) is 6.26 Å². The van der Waals surface area contributed by atoms with Gasteiger partial charge in [0.25, 0.3) is 0 Å². The maximum atomic E-state index is 11.9. The second-order valence-electron chi connectivity index (χ2n) is 5.41. The molecule has 3 aromatic rings. The lowest BCUT2D eigenvalue weighted by atomic mass is 10.1. The van der Waals surface area contributed by atoms with Gasteiger partial charge in [-0.25, -0.2) is 8.42 Å². The Morgan fingerprint density at radius 1 is 1.09 bits per heavy atom. The number of hydrogen-bond donors (Lipinski definition) is 2. The molecule has 1 aromatic heterocycles. The highest BCUT2D eigenvalue weighted by molar-refractivity contribution is 7.91. The van der Waals surface area contributed by atoms with Gasteiger partial charge in [-0.3, -0.25) is 4.98 Å². The zero-order chi connectivity index (χ0) is 16.6. The van der Waals surface area contributed by atoms with Crippen LogP contribution in [0.15, 0.2) is 53.6 Å². The van der Waals surface area contributed by atoms with Gasteiger partial charge in [0.05, 0.1) is 10.4 Å². The molecule has 0 bridgehead atoms. The molecule has 6 heteroatoms. The molecule has 0 spiro atoms. The number of phenols is 1. The Bertz CT molecular complexity index is 998. The van der Waals surface area contributed by atoms with Gasteiger partial charge in [-0.15, -0.1) is 0 Å². The number of nitrogens with zero attached hydrogens (tertiary/aromatic N) is 1. The first-order valence-electron chi connectivity index (χ1n) is 7.01. The second kappa shape index (κ2) is 5.55. The van der Waals surface area contributed by atoms with E-state index in [4.69, 9.17) is 0 Å². The highest BCUT2D eigenvalue weighted by Gasteiger charge is 2.14. The summed E-state index contributed by atoms with van der Waals surface area (Å²) in [5.74, 6) is 0.201. The van der Waals surface area contributed by atoms with Crippen LogP contribution >= 0.6 is 0 Å². The number of phenolic OH excluding ortho intramolecular Hbond substituents is 1. The normalized spacial score (nSPS) is 11.6. The fraction of sp³-hybridized carbons (Fsp3) is 0.118. The van der Waals surface area contributed by atoms with E-state index < -0.39 is 9.84 Å². The number of hydrogen-bond acceptors (Lipinski definition) is 5. The Morgan fingerprint density at radius 2 is 1.87 bits per heavy atom. The maximum absolute atomic E-state index is 11.9. The number of benzene rings is 2. The predicted molar refractivity (Wildman–Crippen MR) is 91.0 cm³/mol. The van der Waals surface area contributed by atoms with Crippen LogP contribution < -0.4 is 5.32 Å². The minimum atomic E-state index is -3.36. The van der Waals surface area contributed by atoms with Gasteiger partial charge in [0.15, 0.2) is 9.84 Å². The molecule has 0 saturated heterocycles. The average molecular weight is 328 g/mol. The summed E-state index contributed by atoms with van der Waals surface area (Å²) < 4.78 is 23.8. The molecule has 0 aliphatic carbocycles. The van der Waals surface area contributed by atoms with E-state index in [1.54, 1.807) is 42.6 Å². The van der Waals surface area contributed by atoms with Crippen LogP contribution in [0.5, 0.6) is 5.75 Å². The van der Waals surface area contributed by atoms with Crippen molar-refractivity contribution in [1.82, 2.24) is 4.98 Å². The van der Waals surface area contributed by atoms with Crippen LogP contribution in [-0.4, -0.2) is 24.8 Å². The lowest BCUT2D eigenvalue weighted by Crippen LogP contribution is -2.01. The lowest BCUT2D eigenvalue weighted by Gasteiger charge is -2.13. The van der Waals surface area contributed by atoms with Crippen LogP contribution in [-0.2, 0) is 9.84 Å². The van der Waals surface area contributed by atoms with Crippen LogP contribution in [0.1, 0.15) is 5.56 Å². The van der Waals surface area contributed by atoms with Gasteiger partial charge >= 0.3 is 0 Å². The van der Waals surface area contributed by atoms with E-state index in [0.717, 1.165) is 22.3 Å². The molecule has 0 unspecified atom stereocenters. The fourth-order valence-electron chi connectivity index (χ4n) is 2.49. The molecule has 0 saturated carbocycles. The molecule has 1 heterocycles. The van der Waals surface area contributed by atoms with Crippen LogP contribution in [0.25, 0.3) is 10.9 Å². The van der Waals surface area contributed by atoms with Crippen molar-refractivity contribution in [2.45, 2.75) is 11.8 Å². The molecule has 2 N–H and O–H groups in total. The quantitative estimate of drug-likeness (QED) is 0.720. The first-order valence-corrected chi connectivity index (χ1v) is 8.90. The number of anilines is 2. The van der Waals surface area contributed by atoms with Gasteiger partial charge in [-0.1, -0.05) is 12.1 Å². The molecule has 5 nitrogen and oxygen atoms in total. The number of rotatable bonds is 3. The second-order valence-corrected chi connectivity index (χ2v) is 7.39. The number of para-hydroxylation sites is 1. The van der Waals surface area contributed by atoms with Gasteiger partial charge in [-0.2, -0.15) is 0 Å². The molecule has 3 rings (SSSR count). The van der Waals surface area contributed by atoms with E-state index in [1.807, 2.05) is 13.0 Å². The van der Waals surface area contributed by atoms with E-state index >= 15 is 0 Å². The van der Waals surface area contributed by atoms with Gasteiger partial charge in [0, 0.05) is 29.2 Å². The number of aryl methyl sites for hydroxylation is 1. The molecule has 0 atom stereocenters. The summed E-state index contributed by atoms with van der Waals surface area (Å²) in [6.45, 7) is 1.88. The Kier molecular flexibility index (Phi) is 3.69. The van der Waals surface area contributed by atoms with E-state index in [2.05, 4.69) is 10.3 Å². The number of aromatic hydroxyl groups is 1. The fourth-order valence-corrected chi connectivity index (χ4v) is 3.33. The molecule has 0 fully saturated rings. The molecule has 0 aliphatic rings. The van der Waals surface area contributed by atoms with Crippen molar-refractivity contribution in [3.05, 3.63) is 54.2 Å². The molecule has 23 heavy (non-hydrogen) atoms. The average Bonchev–Trinajstić information content (AvgIpc) is 2.49. The van der Waals surface area contributed by atoms with Crippen LogP contribution in [0.2, 0.25) is 0 Å². The number of fused-ring (bicyclic) bond motifs is 1. The zero-order valence-electron chi connectivity index (χ0n) is 12.7. The smallest absolute Gasteiger partial charge is 0.177 e. The highest BCUT2D eigenvalue weighted by atomic mass is 32.2. The summed E-state index contributed by atoms with van der Waals surface area (Å²) in [7, 11) is -3.36. The summed E-state index contributed by atoms with van der Waals surface area (Å²) in [6.07, 6.45) is 2.75. The van der Waals surface area contributed by atoms with Crippen molar-refractivity contribution in [2.24, 2.45) is 0 Å². The van der Waals surface area contributed by atoms with Crippen molar-refractivity contribution < 1.29 is 13.5 Å². The van der Waals surface area contributed by atoms with Crippen molar-refractivity contribution >= 4 is 32.1 Å². The molecular weight excluding hydrogens is 312 g/mol. The minimum absolute atomic E-state index is 0.201. The zero-order valence-corrected chi connectivity index (χ0v) is 13.6. The third kappa shape index (κ3) is 2.98. The molecule has 2 aromatic carbocycles. The topological polar surface area (TPSA) is 79.3 Å². The van der Waals surface area contributed by atoms with Gasteiger partial charge in [0.1, 0.15) is 5.75 Å². The number of nitrogens with one attached hydrogen (secondary N) is 1. The van der Waals surface area contributed by atoms with Crippen LogP contribution in [0.3, 0.4) is 0 Å². The van der Waals surface area contributed by atoms with E-state index in [-0.39, 0.29) is 10.6 Å². The summed E-state index contributed by atoms with van der Waals surface area (Å²) in [5, 5.41) is 13.5. The van der Waals surface area contributed by atoms with Crippen molar-refractivity contribution in [3.63, 3.8) is 0 Å². The van der Waals surface area contributed by atoms with Crippen molar-refractivity contribution in [3.8, 4) is 5.75 Å². The summed E-state index contributed by atoms with van der Waals surface area (Å²) in [5.41, 5.74) is 2.92. The molecule has 0 amide bonds. The van der Waals surface area contributed by atoms with Crippen LogP contribution in [0.4, 0.5) is 11.4 Å². The standard InChI is InChI=1S/C17H16N2O3S/c1-11-10-12(20)6-7-14(11)19-15-8-9-18-17-13(15)4-3-5-16(17)23(2,21)22/h3-10,20H,1-2H3,(H,18,19). The van der Waals surface area contributed by atoms with Crippen molar-refractivity contribution in [1.29, 1.82) is 0 Å². The number of sulfone groups is 1. The molecule has 0 radical (unpaired) electrons. The largest absolute Gasteiger partial charge is 0.508 e. The first kappa shape index (κ1) is 15.3. The summed E-state index contributed by atoms with van der Waals surface area (Å²) >= 11 is 0. The molecular formula is C17H16N2O3S. The number of aromatic nitrogens is 1. The first-order chi connectivity index (χ1) is 10.9. The van der Waals surface area contributed by atoms with Crippen LogP contribution in [0, 0.1) is 6.92 Å². The van der Waals surface area contributed by atoms with E-state index in [9.17, 15) is 13.5 Å². The van der Waals surface area contributed by atoms with Gasteiger partial charge < -0.3 is 10.4 Å². The Balaban J connectivity index is 2.16. The predicted octanol–water partition coefficient (Wildman–Crippen LogP) is 3.40. The number of pyridine rings is 1. The minimum Gasteiger partial charge on any atom is -0.508 e. The summed E-state index contributed by atoms with van der Waals surface area (Å²) in [6, 6.07) is 11.9. The molecule has 118 valence electrons. The Labute approximate surface area is 134 Å². The summed E-state index contributed by atoms with van der Waals surface area (Å²) in [4.78, 5) is 4.44. The lowest BCUT2D eigenvalue weighted by molar-refractivity contribution is 0.475. The van der Waals surface area contributed by atoms with Gasteiger partial charge in [-0.05, 0) is 42.8 Å². The van der Waals surface area contributed by atoms with Crippen molar-refractivity contribution in [2.75, 3.05) is 11.6 Å². The Hall–Kier alpha value is -2.60. The third-order valence-corrected chi connectivity index (χ3v) is 4.74. The van der Waals surface area contributed by atoms with E-state index in [0.29, 0.717) is 5.52 Å². The maximum Gasteiger partial charge on any atom is 0.177 e. The highest BCUT2D eigenvalue weighted by Crippen LogP contribution is 2.30.